The van der Waals surface area contributed by atoms with Crippen LogP contribution in [0.3, 0.4) is 0 Å². The van der Waals surface area contributed by atoms with Crippen molar-refractivity contribution >= 4 is 28.9 Å². The maximum absolute atomic E-state index is 6.10. The van der Waals surface area contributed by atoms with Gasteiger partial charge >= 0.3 is 0 Å². The quantitative estimate of drug-likeness (QED) is 0.754. The van der Waals surface area contributed by atoms with E-state index in [1.807, 2.05) is 12.1 Å². The zero-order valence-corrected chi connectivity index (χ0v) is 12.5. The van der Waals surface area contributed by atoms with Crippen LogP contribution in [0.25, 0.3) is 0 Å². The molecule has 4 heteroatoms. The molecule has 0 spiro atoms. The summed E-state index contributed by atoms with van der Waals surface area (Å²) < 4.78 is 5.77. The predicted molar refractivity (Wildman–Crippen MR) is 84.4 cm³/mol. The number of hydrogen-bond acceptors (Lipinski definition) is 2. The summed E-state index contributed by atoms with van der Waals surface area (Å²) in [6.07, 6.45) is 2.55. The van der Waals surface area contributed by atoms with Crippen LogP contribution in [-0.2, 0) is 0 Å². The van der Waals surface area contributed by atoms with Crippen LogP contribution in [0.2, 0.25) is 10.0 Å². The maximum atomic E-state index is 6.10. The number of ether oxygens (including phenoxy) is 1. The lowest BCUT2D eigenvalue weighted by Gasteiger charge is -2.17. The van der Waals surface area contributed by atoms with E-state index in [1.54, 1.807) is 18.2 Å². The molecule has 0 N–H and O–H groups in total. The summed E-state index contributed by atoms with van der Waals surface area (Å²) in [5.41, 5.74) is 1.25. The normalized spacial score (nSPS) is 14.6. The van der Waals surface area contributed by atoms with Gasteiger partial charge in [0, 0.05) is 23.8 Å². The van der Waals surface area contributed by atoms with Crippen LogP contribution in [0.1, 0.15) is 12.8 Å². The van der Waals surface area contributed by atoms with Crippen molar-refractivity contribution in [1.29, 1.82) is 0 Å². The van der Waals surface area contributed by atoms with Gasteiger partial charge < -0.3 is 9.64 Å². The molecule has 3 rings (SSSR count). The van der Waals surface area contributed by atoms with E-state index in [0.29, 0.717) is 15.8 Å². The summed E-state index contributed by atoms with van der Waals surface area (Å²) in [4.78, 5) is 2.39. The Balaban J connectivity index is 1.74. The topological polar surface area (TPSA) is 12.5 Å². The first-order valence-electron chi connectivity index (χ1n) is 6.70. The van der Waals surface area contributed by atoms with Gasteiger partial charge in [0.2, 0.25) is 0 Å². The Labute approximate surface area is 128 Å². The Morgan fingerprint density at radius 2 is 1.60 bits per heavy atom. The summed E-state index contributed by atoms with van der Waals surface area (Å²) in [5, 5.41) is 1.12. The van der Waals surface area contributed by atoms with Gasteiger partial charge in [0.25, 0.3) is 0 Å². The van der Waals surface area contributed by atoms with Crippen LogP contribution in [0.15, 0.2) is 42.5 Å². The minimum absolute atomic E-state index is 0.515. The zero-order chi connectivity index (χ0) is 13.9. The molecule has 1 aliphatic rings. The number of anilines is 1. The lowest BCUT2D eigenvalue weighted by atomic mass is 10.2. The maximum Gasteiger partial charge on any atom is 0.146 e. The van der Waals surface area contributed by atoms with E-state index < -0.39 is 0 Å². The number of rotatable bonds is 3. The van der Waals surface area contributed by atoms with Gasteiger partial charge in [-0.05, 0) is 55.3 Å². The summed E-state index contributed by atoms with van der Waals surface area (Å²) in [7, 11) is 0. The molecule has 1 fully saturated rings. The van der Waals surface area contributed by atoms with Gasteiger partial charge in [0.1, 0.15) is 11.5 Å². The number of benzene rings is 2. The molecular weight excluding hydrogens is 293 g/mol. The van der Waals surface area contributed by atoms with Crippen molar-refractivity contribution in [3.63, 3.8) is 0 Å². The van der Waals surface area contributed by atoms with Gasteiger partial charge in [0.15, 0.2) is 0 Å². The monoisotopic (exact) mass is 307 g/mol. The first kappa shape index (κ1) is 13.6. The van der Waals surface area contributed by atoms with E-state index in [4.69, 9.17) is 27.9 Å². The minimum Gasteiger partial charge on any atom is -0.456 e. The third kappa shape index (κ3) is 3.02. The van der Waals surface area contributed by atoms with Gasteiger partial charge in [-0.15, -0.1) is 0 Å². The second-order valence-corrected chi connectivity index (χ2v) is 5.71. The lowest BCUT2D eigenvalue weighted by molar-refractivity contribution is 0.483. The molecule has 1 heterocycles. The summed E-state index contributed by atoms with van der Waals surface area (Å²) in [6.45, 7) is 2.28. The van der Waals surface area contributed by atoms with Crippen molar-refractivity contribution in [2.75, 3.05) is 18.0 Å². The Kier molecular flexibility index (Phi) is 4.04. The van der Waals surface area contributed by atoms with Gasteiger partial charge in [-0.3, -0.25) is 0 Å². The van der Waals surface area contributed by atoms with Crippen molar-refractivity contribution in [2.24, 2.45) is 0 Å². The minimum atomic E-state index is 0.515. The molecule has 0 saturated carbocycles. The largest absolute Gasteiger partial charge is 0.456 e. The molecule has 2 aromatic rings. The first-order chi connectivity index (χ1) is 9.72. The second-order valence-electron chi connectivity index (χ2n) is 4.86. The van der Waals surface area contributed by atoms with E-state index in [-0.39, 0.29) is 0 Å². The molecule has 0 aliphatic carbocycles. The molecule has 104 valence electrons. The van der Waals surface area contributed by atoms with E-state index in [0.717, 1.165) is 18.8 Å². The standard InChI is InChI=1S/C16H15Cl2NO/c17-12-3-8-16(15(18)11-12)20-14-6-4-13(5-7-14)19-9-1-2-10-19/h3-8,11H,1-2,9-10H2. The highest BCUT2D eigenvalue weighted by atomic mass is 35.5. The average molecular weight is 308 g/mol. The Hall–Kier alpha value is -1.38. The van der Waals surface area contributed by atoms with Crippen LogP contribution in [0.4, 0.5) is 5.69 Å². The smallest absolute Gasteiger partial charge is 0.146 e. The Bertz CT molecular complexity index is 592. The lowest BCUT2D eigenvalue weighted by Crippen LogP contribution is -2.17. The highest BCUT2D eigenvalue weighted by Gasteiger charge is 2.12. The molecule has 0 radical (unpaired) electrons. The number of halogens is 2. The van der Waals surface area contributed by atoms with E-state index in [9.17, 15) is 0 Å². The van der Waals surface area contributed by atoms with Crippen LogP contribution in [0.5, 0.6) is 11.5 Å². The highest BCUT2D eigenvalue weighted by Crippen LogP contribution is 2.32. The molecule has 0 aromatic heterocycles. The number of hydrogen-bond donors (Lipinski definition) is 0. The molecule has 2 aromatic carbocycles. The summed E-state index contributed by atoms with van der Waals surface area (Å²) in [5.74, 6) is 1.39. The fourth-order valence-electron chi connectivity index (χ4n) is 2.39. The Morgan fingerprint density at radius 3 is 2.25 bits per heavy atom. The Morgan fingerprint density at radius 1 is 0.900 bits per heavy atom. The zero-order valence-electron chi connectivity index (χ0n) is 11.0. The average Bonchev–Trinajstić information content (AvgIpc) is 2.97. The van der Waals surface area contributed by atoms with Gasteiger partial charge in [-0.2, -0.15) is 0 Å². The summed E-state index contributed by atoms with van der Waals surface area (Å²) in [6, 6.07) is 13.3. The molecule has 1 aliphatic heterocycles. The molecule has 20 heavy (non-hydrogen) atoms. The molecule has 1 saturated heterocycles. The van der Waals surface area contributed by atoms with Gasteiger partial charge in [-0.1, -0.05) is 23.2 Å². The fourth-order valence-corrected chi connectivity index (χ4v) is 2.83. The summed E-state index contributed by atoms with van der Waals surface area (Å²) >= 11 is 12.0. The fraction of sp³-hybridized carbons (Fsp3) is 0.250. The van der Waals surface area contributed by atoms with Crippen molar-refractivity contribution < 1.29 is 4.74 Å². The molecule has 0 atom stereocenters. The van der Waals surface area contributed by atoms with Gasteiger partial charge in [-0.25, -0.2) is 0 Å². The molecule has 0 amide bonds. The van der Waals surface area contributed by atoms with Crippen molar-refractivity contribution in [3.05, 3.63) is 52.5 Å². The van der Waals surface area contributed by atoms with Crippen molar-refractivity contribution in [2.45, 2.75) is 12.8 Å². The molecule has 0 bridgehead atoms. The third-order valence-electron chi connectivity index (χ3n) is 3.43. The predicted octanol–water partition coefficient (Wildman–Crippen LogP) is 5.39. The van der Waals surface area contributed by atoms with Crippen LogP contribution < -0.4 is 9.64 Å². The van der Waals surface area contributed by atoms with E-state index in [2.05, 4.69) is 17.0 Å². The molecule has 2 nitrogen and oxygen atoms in total. The third-order valence-corrected chi connectivity index (χ3v) is 3.96. The second kappa shape index (κ2) is 5.94. The first-order valence-corrected chi connectivity index (χ1v) is 7.46. The van der Waals surface area contributed by atoms with E-state index in [1.165, 1.54) is 18.5 Å². The SMILES string of the molecule is Clc1ccc(Oc2ccc(N3CCCC3)cc2)c(Cl)c1. The van der Waals surface area contributed by atoms with E-state index >= 15 is 0 Å². The highest BCUT2D eigenvalue weighted by molar-refractivity contribution is 6.35. The van der Waals surface area contributed by atoms with Crippen LogP contribution in [0, 0.1) is 0 Å². The van der Waals surface area contributed by atoms with Crippen molar-refractivity contribution in [1.82, 2.24) is 0 Å². The molecular formula is C16H15Cl2NO. The van der Waals surface area contributed by atoms with Crippen LogP contribution >= 0.6 is 23.2 Å². The van der Waals surface area contributed by atoms with Gasteiger partial charge in [0.05, 0.1) is 5.02 Å². The number of nitrogens with zero attached hydrogens (tertiary/aromatic N) is 1. The van der Waals surface area contributed by atoms with Crippen molar-refractivity contribution in [3.8, 4) is 11.5 Å². The molecule has 0 unspecified atom stereocenters. The van der Waals surface area contributed by atoms with Crippen LogP contribution in [-0.4, -0.2) is 13.1 Å².